The number of halogens is 1. The van der Waals surface area contributed by atoms with Crippen LogP contribution in [-0.2, 0) is 9.59 Å². The van der Waals surface area contributed by atoms with Crippen molar-refractivity contribution in [3.8, 4) is 0 Å². The lowest BCUT2D eigenvalue weighted by molar-refractivity contribution is -0.858. The number of carbonyl (C=O) groups is 3. The summed E-state index contributed by atoms with van der Waals surface area (Å²) in [6.45, 7) is 1.67. The van der Waals surface area contributed by atoms with Gasteiger partial charge in [-0.3, -0.25) is 9.59 Å². The molecule has 0 radical (unpaired) electrons. The Bertz CT molecular complexity index is 1840. The highest BCUT2D eigenvalue weighted by Gasteiger charge is 2.67. The maximum Gasteiger partial charge on any atom is 0.371 e. The Balaban J connectivity index is 1.51. The second-order valence-electron chi connectivity index (χ2n) is 11.8. The van der Waals surface area contributed by atoms with Gasteiger partial charge in [-0.25, -0.2) is 4.79 Å². The number of hydrogen-bond donors (Lipinski definition) is 5. The van der Waals surface area contributed by atoms with Crippen molar-refractivity contribution in [1.82, 2.24) is 20.4 Å². The van der Waals surface area contributed by atoms with E-state index in [0.29, 0.717) is 22.0 Å². The van der Waals surface area contributed by atoms with Gasteiger partial charge in [0.05, 0.1) is 12.6 Å². The zero-order chi connectivity index (χ0) is 33.7. The number of guanidine groups is 1. The van der Waals surface area contributed by atoms with Crippen molar-refractivity contribution in [3.63, 3.8) is 0 Å². The first-order chi connectivity index (χ1) is 23.2. The average molecular weight is 668 g/mol. The summed E-state index contributed by atoms with van der Waals surface area (Å²) < 4.78 is -1.11. The summed E-state index contributed by atoms with van der Waals surface area (Å²) in [5, 5.41) is 18.9. The topological polar surface area (TPSA) is 170 Å². The number of para-hydroxylation sites is 1. The predicted octanol–water partition coefficient (Wildman–Crippen LogP) is 5.30. The molecule has 6 rings (SSSR count). The number of rotatable bonds is 12. The van der Waals surface area contributed by atoms with Crippen LogP contribution < -0.4 is 21.8 Å². The number of quaternary nitrogens is 1. The van der Waals surface area contributed by atoms with Crippen molar-refractivity contribution < 1.29 is 19.1 Å². The van der Waals surface area contributed by atoms with E-state index in [0.717, 1.165) is 12.8 Å². The van der Waals surface area contributed by atoms with Gasteiger partial charge in [0, 0.05) is 39.0 Å². The molecule has 0 fully saturated rings. The zero-order valence-corrected chi connectivity index (χ0v) is 27.0. The van der Waals surface area contributed by atoms with Crippen LogP contribution in [0.4, 0.5) is 17.2 Å². The quantitative estimate of drug-likeness (QED) is 0.0582. The molecule has 2 aliphatic rings. The molecule has 1 aliphatic heterocycles. The van der Waals surface area contributed by atoms with E-state index in [4.69, 9.17) is 22.3 Å². The molecule has 246 valence electrons. The van der Waals surface area contributed by atoms with E-state index in [2.05, 4.69) is 31.5 Å². The lowest BCUT2D eigenvalue weighted by Crippen LogP contribution is -2.76. The van der Waals surface area contributed by atoms with Gasteiger partial charge in [0.1, 0.15) is 0 Å². The number of ketones is 1. The zero-order valence-electron chi connectivity index (χ0n) is 26.2. The maximum absolute atomic E-state index is 14.9. The Kier molecular flexibility index (Phi) is 9.24. The van der Waals surface area contributed by atoms with E-state index in [1.165, 1.54) is 11.2 Å². The number of aromatic nitrogens is 3. The Hall–Kier alpha value is -5.53. The molecule has 4 unspecified atom stereocenters. The first-order valence-corrected chi connectivity index (χ1v) is 16.0. The van der Waals surface area contributed by atoms with E-state index < -0.39 is 28.3 Å². The van der Waals surface area contributed by atoms with Crippen LogP contribution in [0.1, 0.15) is 43.0 Å². The molecule has 4 aromatic rings. The number of hydrogen-bond acceptors (Lipinski definition) is 10. The fraction of sp³-hybridized carbons (Fsp3) is 0.235. The van der Waals surface area contributed by atoms with Crippen LogP contribution in [0.15, 0.2) is 108 Å². The van der Waals surface area contributed by atoms with Crippen molar-refractivity contribution in [1.29, 1.82) is 0 Å². The first-order valence-electron chi connectivity index (χ1n) is 15.6. The Labute approximate surface area is 282 Å². The molecule has 0 saturated heterocycles. The molecule has 48 heavy (non-hydrogen) atoms. The Morgan fingerprint density at radius 3 is 2.42 bits per heavy atom. The summed E-state index contributed by atoms with van der Waals surface area (Å²) >= 11 is 6.39. The van der Waals surface area contributed by atoms with E-state index in [-0.39, 0.29) is 36.3 Å². The van der Waals surface area contributed by atoms with Crippen LogP contribution in [0.5, 0.6) is 0 Å². The van der Waals surface area contributed by atoms with Crippen molar-refractivity contribution in [3.05, 3.63) is 114 Å². The second-order valence-corrected chi connectivity index (χ2v) is 12.2. The monoisotopic (exact) mass is 667 g/mol. The van der Waals surface area contributed by atoms with Gasteiger partial charge < -0.3 is 16.4 Å². The molecule has 14 heteroatoms. The van der Waals surface area contributed by atoms with Gasteiger partial charge >= 0.3 is 17.8 Å². The van der Waals surface area contributed by atoms with E-state index >= 15 is 0 Å². The number of amides is 2. The molecule has 2 heterocycles. The number of Topliss-reactive ketones (excluding diaryl/α,β-unsaturated/α-hetero) is 1. The minimum Gasteiger partial charge on any atom is -0.333 e. The summed E-state index contributed by atoms with van der Waals surface area (Å²) in [4.78, 5) is 48.1. The van der Waals surface area contributed by atoms with E-state index in [9.17, 15) is 14.4 Å². The minimum atomic E-state index is -1.88. The third-order valence-corrected chi connectivity index (χ3v) is 8.51. The van der Waals surface area contributed by atoms with Gasteiger partial charge in [-0.1, -0.05) is 90.3 Å². The van der Waals surface area contributed by atoms with Crippen LogP contribution >= 0.6 is 11.6 Å². The number of aliphatic imine (C=N–C) groups is 1. The largest absolute Gasteiger partial charge is 0.371 e. The van der Waals surface area contributed by atoms with Crippen molar-refractivity contribution >= 4 is 52.4 Å². The highest BCUT2D eigenvalue weighted by Crippen LogP contribution is 2.39. The summed E-state index contributed by atoms with van der Waals surface area (Å²) in [6.07, 6.45) is 6.73. The number of anilines is 3. The fourth-order valence-corrected chi connectivity index (χ4v) is 6.21. The first kappa shape index (κ1) is 32.4. The van der Waals surface area contributed by atoms with E-state index in [1.54, 1.807) is 67.6 Å². The third kappa shape index (κ3) is 6.50. The standard InChI is InChI=1S/C34H36ClN10O3/c1-23(32(48)25-13-4-2-5-14-25)19-31(47)45(42-29-22-37-43-41-29)33(36)40-34(38-27-16-6-3-7-17-27,39-28-18-10-15-26(35)21-28)44(45)30(46)20-24-11-8-9-12-24/h2-8,10-11,13-18,21-24,38-39H,9,12,19-20H2,1H3,(H2,36,40)(H2,37,41,42,43)/q+1. The fourth-order valence-electron chi connectivity index (χ4n) is 6.02. The summed E-state index contributed by atoms with van der Waals surface area (Å²) in [7, 11) is 0. The van der Waals surface area contributed by atoms with Crippen molar-refractivity contribution in [2.75, 3.05) is 16.1 Å². The van der Waals surface area contributed by atoms with Crippen LogP contribution in [0, 0.1) is 11.8 Å². The molecule has 3 aromatic carbocycles. The van der Waals surface area contributed by atoms with E-state index in [1.807, 2.05) is 36.4 Å². The van der Waals surface area contributed by atoms with Crippen molar-refractivity contribution in [2.24, 2.45) is 22.6 Å². The summed E-state index contributed by atoms with van der Waals surface area (Å²) in [5.41, 5.74) is 11.4. The van der Waals surface area contributed by atoms with Crippen LogP contribution in [0.3, 0.4) is 0 Å². The molecule has 0 spiro atoms. The van der Waals surface area contributed by atoms with Gasteiger partial charge in [-0.2, -0.15) is 15.7 Å². The number of carbonyl (C=O) groups excluding carboxylic acids is 3. The maximum atomic E-state index is 14.9. The van der Waals surface area contributed by atoms with Gasteiger partial charge in [-0.05, 0) is 49.1 Å². The second kappa shape index (κ2) is 13.7. The number of nitrogens with one attached hydrogen (secondary N) is 4. The molecule has 1 aromatic heterocycles. The van der Waals surface area contributed by atoms with Crippen LogP contribution in [0.2, 0.25) is 5.02 Å². The lowest BCUT2D eigenvalue weighted by atomic mass is 9.96. The highest BCUT2D eigenvalue weighted by atomic mass is 35.5. The number of H-pyrrole nitrogens is 1. The van der Waals surface area contributed by atoms with Gasteiger partial charge in [-0.15, -0.1) is 10.1 Å². The number of benzene rings is 3. The molecule has 0 bridgehead atoms. The molecule has 4 atom stereocenters. The van der Waals surface area contributed by atoms with Gasteiger partial charge in [0.15, 0.2) is 5.78 Å². The summed E-state index contributed by atoms with van der Waals surface area (Å²) in [5.74, 6) is -4.24. The number of nitrogens with zero attached hydrogens (tertiary/aromatic N) is 5. The molecule has 0 saturated carbocycles. The molecule has 13 nitrogen and oxygen atoms in total. The molecular formula is C34H36ClN10O3+. The predicted molar refractivity (Wildman–Crippen MR) is 183 cm³/mol. The number of aromatic amines is 1. The van der Waals surface area contributed by atoms with Crippen LogP contribution in [0.25, 0.3) is 0 Å². The highest BCUT2D eigenvalue weighted by molar-refractivity contribution is 6.30. The third-order valence-electron chi connectivity index (χ3n) is 8.27. The van der Waals surface area contributed by atoms with Crippen LogP contribution in [-0.4, -0.2) is 54.6 Å². The Morgan fingerprint density at radius 2 is 1.75 bits per heavy atom. The minimum absolute atomic E-state index is 0.0427. The smallest absolute Gasteiger partial charge is 0.333 e. The van der Waals surface area contributed by atoms with Gasteiger partial charge in [0.25, 0.3) is 5.91 Å². The van der Waals surface area contributed by atoms with Gasteiger partial charge in [0.2, 0.25) is 5.82 Å². The Morgan fingerprint density at radius 1 is 1.04 bits per heavy atom. The molecule has 6 N–H and O–H groups in total. The number of allylic oxidation sites excluding steroid dienone is 2. The molecule has 1 aliphatic carbocycles. The summed E-state index contributed by atoms with van der Waals surface area (Å²) in [6, 6.07) is 24.7. The molecular weight excluding hydrogens is 632 g/mol. The SMILES string of the molecule is CC(CC(=O)[N+]1(Nc2cn[nH]n2)C(N)=NC(Nc2ccccc2)(Nc2cccc(Cl)c2)N1C(=O)CC1C=CCC1)C(=O)c1ccccc1. The molecule has 2 amide bonds. The normalized spacial score (nSPS) is 22.2. The lowest BCUT2D eigenvalue weighted by Gasteiger charge is -2.43. The van der Waals surface area contributed by atoms with Crippen molar-refractivity contribution in [2.45, 2.75) is 38.5 Å². The average Bonchev–Trinajstić information content (AvgIpc) is 3.83. The number of nitrogens with two attached hydrogens (primary N) is 1.